The molecule has 19 heteroatoms. The lowest BCUT2D eigenvalue weighted by Crippen LogP contribution is -2.66. The molecule has 0 saturated carbocycles. The fraction of sp³-hybridized carbons (Fsp3) is 0.716. The van der Waals surface area contributed by atoms with E-state index in [2.05, 4.69) is 165 Å². The van der Waals surface area contributed by atoms with Crippen LogP contribution in [0.5, 0.6) is 0 Å². The van der Waals surface area contributed by atoms with Gasteiger partial charge in [0.1, 0.15) is 73.2 Å². The molecule has 17 unspecified atom stereocenters. The van der Waals surface area contributed by atoms with Crippen LogP contribution in [0.2, 0.25) is 0 Å². The van der Waals surface area contributed by atoms with Gasteiger partial charge >= 0.3 is 0 Å². The number of allylic oxidation sites excluding steroid dienone is 25. The summed E-state index contributed by atoms with van der Waals surface area (Å²) in [6, 6.07) is -1.00. The molecular formula is C95H159NO18. The number of amides is 1. The van der Waals surface area contributed by atoms with Crippen molar-refractivity contribution in [3.05, 3.63) is 158 Å². The van der Waals surface area contributed by atoms with Gasteiger partial charge < -0.3 is 89.9 Å². The van der Waals surface area contributed by atoms with E-state index in [0.29, 0.717) is 6.42 Å². The molecule has 19 nitrogen and oxygen atoms in total. The highest BCUT2D eigenvalue weighted by Crippen LogP contribution is 2.33. The molecule has 17 atom stereocenters. The molecule has 0 aromatic rings. The van der Waals surface area contributed by atoms with Gasteiger partial charge in [-0.25, -0.2) is 0 Å². The van der Waals surface area contributed by atoms with Gasteiger partial charge in [-0.05, 0) is 109 Å². The third-order valence-corrected chi connectivity index (χ3v) is 21.1. The lowest BCUT2D eigenvalue weighted by molar-refractivity contribution is -0.379. The Morgan fingerprint density at radius 1 is 0.325 bits per heavy atom. The van der Waals surface area contributed by atoms with Gasteiger partial charge in [-0.1, -0.05) is 345 Å². The fourth-order valence-electron chi connectivity index (χ4n) is 14.0. The number of ether oxygens (including phenoxy) is 6. The maximum absolute atomic E-state index is 13.5. The quantitative estimate of drug-likeness (QED) is 0.0199. The molecule has 12 N–H and O–H groups in total. The van der Waals surface area contributed by atoms with Crippen LogP contribution in [-0.4, -0.2) is 193 Å². The van der Waals surface area contributed by atoms with Crippen LogP contribution in [0.4, 0.5) is 0 Å². The van der Waals surface area contributed by atoms with Gasteiger partial charge in [-0.2, -0.15) is 0 Å². The molecule has 0 bridgehead atoms. The van der Waals surface area contributed by atoms with Crippen LogP contribution < -0.4 is 5.32 Å². The number of aliphatic hydroxyl groups excluding tert-OH is 11. The monoisotopic (exact) mass is 1600 g/mol. The van der Waals surface area contributed by atoms with Crippen molar-refractivity contribution >= 4 is 5.91 Å². The minimum Gasteiger partial charge on any atom is -0.394 e. The minimum absolute atomic E-state index is 0.204. The molecule has 0 aromatic heterocycles. The average molecular weight is 1600 g/mol. The molecule has 3 rings (SSSR count). The van der Waals surface area contributed by atoms with E-state index in [4.69, 9.17) is 28.4 Å². The number of carbonyl (C=O) groups is 1. The van der Waals surface area contributed by atoms with E-state index >= 15 is 0 Å². The Kier molecular flexibility index (Phi) is 65.8. The van der Waals surface area contributed by atoms with Gasteiger partial charge in [0.25, 0.3) is 0 Å². The molecule has 3 heterocycles. The first-order valence-electron chi connectivity index (χ1n) is 44.7. The predicted octanol–water partition coefficient (Wildman–Crippen LogP) is 17.1. The van der Waals surface area contributed by atoms with Crippen LogP contribution in [-0.2, 0) is 33.2 Å². The van der Waals surface area contributed by atoms with Crippen molar-refractivity contribution in [1.29, 1.82) is 0 Å². The van der Waals surface area contributed by atoms with E-state index in [-0.39, 0.29) is 18.9 Å². The highest BCUT2D eigenvalue weighted by Gasteiger charge is 2.54. The molecule has 3 aliphatic rings. The van der Waals surface area contributed by atoms with Crippen molar-refractivity contribution in [2.75, 3.05) is 26.4 Å². The van der Waals surface area contributed by atoms with E-state index in [1.807, 2.05) is 6.08 Å². The van der Waals surface area contributed by atoms with Crippen molar-refractivity contribution in [2.45, 2.75) is 407 Å². The van der Waals surface area contributed by atoms with Crippen LogP contribution >= 0.6 is 0 Å². The number of aliphatic hydroxyl groups is 11. The predicted molar refractivity (Wildman–Crippen MR) is 461 cm³/mol. The van der Waals surface area contributed by atoms with Crippen molar-refractivity contribution < 1.29 is 89.4 Å². The Balaban J connectivity index is 1.36. The molecule has 0 aromatic carbocycles. The molecule has 114 heavy (non-hydrogen) atoms. The Labute approximate surface area is 688 Å². The van der Waals surface area contributed by atoms with Gasteiger partial charge in [-0.3, -0.25) is 4.79 Å². The summed E-state index contributed by atoms with van der Waals surface area (Å²) in [5.74, 6) is -0.303. The highest BCUT2D eigenvalue weighted by atomic mass is 16.8. The standard InChI is InChI=1S/C95H159NO18/c1-3-5-7-9-11-13-15-17-19-21-23-25-27-29-31-33-34-35-36-37-38-39-40-41-42-43-44-45-47-49-51-53-55-57-59-61-63-65-67-69-71-73-83(101)96-78(79(100)72-70-68-66-64-62-60-58-56-54-52-50-48-46-32-30-28-26-24-22-20-18-16-14-12-10-8-6-4-2)77-109-93-89(107)86(104)91(81(75-98)111-93)114-95-90(108)87(105)92(82(76-99)112-95)113-94-88(106)85(103)84(102)80(74-97)110-94/h5,7,11,13,17,19,23,25,29,31,34-35,37-38,40-41,43-44,47,49,53,55,59,61,70,72,78-82,84-95,97-100,102-108H,3-4,6,8-10,12,14-16,18,20-22,24,26-28,30,32-33,36,39,42,45-46,48,50-52,54,56-58,60,62-69,71,73-77H2,1-2H3,(H,96,101)/b7-5-,13-11-,19-17-,25-23-,31-29-,35-34-,38-37-,41-40-,44-43-,49-47-,55-53-,61-59-,72-70+. The molecule has 3 aliphatic heterocycles. The fourth-order valence-corrected chi connectivity index (χ4v) is 14.0. The molecule has 0 spiro atoms. The zero-order valence-corrected chi connectivity index (χ0v) is 70.3. The van der Waals surface area contributed by atoms with Crippen molar-refractivity contribution in [3.63, 3.8) is 0 Å². The van der Waals surface area contributed by atoms with E-state index < -0.39 is 124 Å². The average Bonchev–Trinajstić information content (AvgIpc) is 0.782. The van der Waals surface area contributed by atoms with Gasteiger partial charge in [0.2, 0.25) is 5.91 Å². The van der Waals surface area contributed by atoms with Gasteiger partial charge in [-0.15, -0.1) is 0 Å². The van der Waals surface area contributed by atoms with Crippen LogP contribution in [0.15, 0.2) is 158 Å². The summed E-state index contributed by atoms with van der Waals surface area (Å²) in [4.78, 5) is 13.5. The number of carbonyl (C=O) groups excluding carboxylic acids is 1. The zero-order chi connectivity index (χ0) is 82.4. The highest BCUT2D eigenvalue weighted by molar-refractivity contribution is 5.76. The maximum Gasteiger partial charge on any atom is 0.220 e. The van der Waals surface area contributed by atoms with Crippen molar-refractivity contribution in [1.82, 2.24) is 5.32 Å². The van der Waals surface area contributed by atoms with Crippen LogP contribution in [0.3, 0.4) is 0 Å². The number of nitrogens with one attached hydrogen (secondary N) is 1. The van der Waals surface area contributed by atoms with Gasteiger partial charge in [0.05, 0.1) is 38.6 Å². The van der Waals surface area contributed by atoms with Gasteiger partial charge in [0.15, 0.2) is 18.9 Å². The summed E-state index contributed by atoms with van der Waals surface area (Å²) in [6.45, 7) is 1.62. The second kappa shape index (κ2) is 72.4. The lowest BCUT2D eigenvalue weighted by atomic mass is 9.96. The van der Waals surface area contributed by atoms with Crippen LogP contribution in [0.1, 0.15) is 303 Å². The third kappa shape index (κ3) is 50.4. The normalized spacial score (nSPS) is 25.5. The summed E-state index contributed by atoms with van der Waals surface area (Å²) in [7, 11) is 0. The van der Waals surface area contributed by atoms with Gasteiger partial charge in [0, 0.05) is 6.42 Å². The molecule has 0 aliphatic carbocycles. The molecular weight excluding hydrogens is 1440 g/mol. The van der Waals surface area contributed by atoms with Crippen molar-refractivity contribution in [2.24, 2.45) is 0 Å². The minimum atomic E-state index is -1.99. The molecule has 1 amide bonds. The Hall–Kier alpha value is -4.59. The smallest absolute Gasteiger partial charge is 0.220 e. The SMILES string of the molecule is CC/C=C\C/C=C\C/C=C\C/C=C\C/C=C\C/C=C\C/C=C\C/C=C\C/C=C\C/C=C\C/C=C\C/C=C\CCCCCCC(=O)NC(COC1OC(CO)C(OC2OC(CO)C(OC3OC(CO)C(O)C(O)C3O)C(O)C2O)C(O)C1O)C(O)/C=C/CCCCCCCCCCCCCCCCCCCCCCCCCCCC. The Morgan fingerprint density at radius 2 is 0.605 bits per heavy atom. The molecule has 652 valence electrons. The van der Waals surface area contributed by atoms with E-state index in [1.54, 1.807) is 6.08 Å². The summed E-state index contributed by atoms with van der Waals surface area (Å²) in [5.41, 5.74) is 0. The maximum atomic E-state index is 13.5. The number of unbranched alkanes of at least 4 members (excludes halogenated alkanes) is 30. The molecule has 0 radical (unpaired) electrons. The Morgan fingerprint density at radius 3 is 0.947 bits per heavy atom. The topological polar surface area (TPSA) is 307 Å². The largest absolute Gasteiger partial charge is 0.394 e. The number of rotatable bonds is 70. The van der Waals surface area contributed by atoms with Crippen LogP contribution in [0, 0.1) is 0 Å². The number of hydrogen-bond acceptors (Lipinski definition) is 18. The molecule has 3 saturated heterocycles. The summed E-state index contributed by atoms with van der Waals surface area (Å²) < 4.78 is 34.5. The van der Waals surface area contributed by atoms with E-state index in [1.165, 1.54) is 148 Å². The first-order valence-corrected chi connectivity index (χ1v) is 44.7. The molecule has 3 fully saturated rings. The van der Waals surface area contributed by atoms with E-state index in [9.17, 15) is 61.0 Å². The van der Waals surface area contributed by atoms with Crippen LogP contribution in [0.25, 0.3) is 0 Å². The summed E-state index contributed by atoms with van der Waals surface area (Å²) in [6.07, 6.45) is 80.9. The van der Waals surface area contributed by atoms with Crippen molar-refractivity contribution in [3.8, 4) is 0 Å². The third-order valence-electron chi connectivity index (χ3n) is 21.1. The first-order chi connectivity index (χ1) is 55.8. The second-order valence-corrected chi connectivity index (χ2v) is 31.0. The summed E-state index contributed by atoms with van der Waals surface area (Å²) in [5, 5.41) is 121. The number of hydrogen-bond donors (Lipinski definition) is 12. The second-order valence-electron chi connectivity index (χ2n) is 31.0. The first kappa shape index (κ1) is 104. The lowest BCUT2D eigenvalue weighted by Gasteiger charge is -2.48. The Bertz CT molecular complexity index is 2680. The summed E-state index contributed by atoms with van der Waals surface area (Å²) >= 11 is 0. The zero-order valence-electron chi connectivity index (χ0n) is 70.3. The van der Waals surface area contributed by atoms with E-state index in [0.717, 1.165) is 128 Å².